The van der Waals surface area contributed by atoms with Gasteiger partial charge in [0.05, 0.1) is 0 Å². The fourth-order valence-corrected chi connectivity index (χ4v) is 2.01. The fraction of sp³-hybridized carbons (Fsp3) is 0.467. The molecule has 0 saturated carbocycles. The van der Waals surface area contributed by atoms with Crippen molar-refractivity contribution in [1.82, 2.24) is 5.32 Å². The molecule has 0 unspecified atom stereocenters. The third kappa shape index (κ3) is 4.94. The lowest BCUT2D eigenvalue weighted by Crippen LogP contribution is -2.42. The number of carbonyl (C=O) groups excluding carboxylic acids is 1. The summed E-state index contributed by atoms with van der Waals surface area (Å²) in [6.45, 7) is 4.18. The zero-order valence-corrected chi connectivity index (χ0v) is 12.5. The average Bonchev–Trinajstić information content (AvgIpc) is 2.43. The standard InChI is InChI=1S/C15H20ClNO3/c1-3-10(2)14(15(19)20)17-9-8-13(18)11-4-6-12(16)7-5-11/h4-7,10,14,17H,3,8-9H2,1-2H3,(H,19,20)/t10-,14-/m1/s1. The third-order valence-corrected chi connectivity index (χ3v) is 3.61. The summed E-state index contributed by atoms with van der Waals surface area (Å²) in [6.07, 6.45) is 1.04. The molecule has 0 spiro atoms. The maximum Gasteiger partial charge on any atom is 0.320 e. The van der Waals surface area contributed by atoms with Crippen molar-refractivity contribution in [3.05, 3.63) is 34.9 Å². The topological polar surface area (TPSA) is 66.4 Å². The number of rotatable bonds is 8. The van der Waals surface area contributed by atoms with Crippen LogP contribution in [0, 0.1) is 5.92 Å². The number of carboxylic acids is 1. The van der Waals surface area contributed by atoms with Gasteiger partial charge in [-0.15, -0.1) is 0 Å². The molecule has 110 valence electrons. The summed E-state index contributed by atoms with van der Waals surface area (Å²) < 4.78 is 0. The molecule has 0 fully saturated rings. The number of nitrogens with one attached hydrogen (secondary N) is 1. The molecule has 0 aliphatic carbocycles. The maximum absolute atomic E-state index is 11.9. The van der Waals surface area contributed by atoms with Crippen LogP contribution in [0.3, 0.4) is 0 Å². The SMILES string of the molecule is CC[C@@H](C)[C@@H](NCCC(=O)c1ccc(Cl)cc1)C(=O)O. The highest BCUT2D eigenvalue weighted by molar-refractivity contribution is 6.30. The van der Waals surface area contributed by atoms with Gasteiger partial charge in [-0.25, -0.2) is 0 Å². The number of Topliss-reactive ketones (excluding diaryl/α,β-unsaturated/α-hetero) is 1. The first-order valence-electron chi connectivity index (χ1n) is 6.70. The van der Waals surface area contributed by atoms with Crippen LogP contribution in [0.5, 0.6) is 0 Å². The van der Waals surface area contributed by atoms with Gasteiger partial charge >= 0.3 is 5.97 Å². The molecule has 0 aliphatic heterocycles. The molecule has 1 rings (SSSR count). The summed E-state index contributed by atoms with van der Waals surface area (Å²) >= 11 is 5.76. The summed E-state index contributed by atoms with van der Waals surface area (Å²) in [7, 11) is 0. The van der Waals surface area contributed by atoms with Gasteiger partial charge in [0.2, 0.25) is 0 Å². The highest BCUT2D eigenvalue weighted by Gasteiger charge is 2.22. The number of carbonyl (C=O) groups is 2. The molecule has 1 aromatic rings. The highest BCUT2D eigenvalue weighted by atomic mass is 35.5. The van der Waals surface area contributed by atoms with Gasteiger partial charge < -0.3 is 10.4 Å². The van der Waals surface area contributed by atoms with E-state index in [1.54, 1.807) is 24.3 Å². The van der Waals surface area contributed by atoms with Crippen LogP contribution < -0.4 is 5.32 Å². The van der Waals surface area contributed by atoms with Crippen molar-refractivity contribution in [2.24, 2.45) is 5.92 Å². The first-order chi connectivity index (χ1) is 9.45. The number of hydrogen-bond donors (Lipinski definition) is 2. The molecule has 0 saturated heterocycles. The van der Waals surface area contributed by atoms with Gasteiger partial charge in [0.15, 0.2) is 5.78 Å². The van der Waals surface area contributed by atoms with Crippen LogP contribution in [-0.4, -0.2) is 29.4 Å². The monoisotopic (exact) mass is 297 g/mol. The number of benzene rings is 1. The summed E-state index contributed by atoms with van der Waals surface area (Å²) in [4.78, 5) is 23.0. The van der Waals surface area contributed by atoms with Crippen LogP contribution in [0.4, 0.5) is 0 Å². The first kappa shape index (κ1) is 16.7. The lowest BCUT2D eigenvalue weighted by atomic mass is 9.99. The second-order valence-corrected chi connectivity index (χ2v) is 5.27. The first-order valence-corrected chi connectivity index (χ1v) is 7.08. The van der Waals surface area contributed by atoms with E-state index in [0.717, 1.165) is 6.42 Å². The van der Waals surface area contributed by atoms with Crippen LogP contribution in [0.15, 0.2) is 24.3 Å². The predicted octanol–water partition coefficient (Wildman–Crippen LogP) is 3.00. The van der Waals surface area contributed by atoms with E-state index in [9.17, 15) is 9.59 Å². The van der Waals surface area contributed by atoms with Gasteiger partial charge in [-0.2, -0.15) is 0 Å². The van der Waals surface area contributed by atoms with E-state index in [4.69, 9.17) is 16.7 Å². The number of carboxylic acid groups (broad SMARTS) is 1. The second kappa shape index (κ2) is 8.02. The molecule has 0 aromatic heterocycles. The zero-order chi connectivity index (χ0) is 15.1. The summed E-state index contributed by atoms with van der Waals surface area (Å²) in [6, 6.07) is 6.07. The van der Waals surface area contributed by atoms with Crippen LogP contribution >= 0.6 is 11.6 Å². The van der Waals surface area contributed by atoms with E-state index < -0.39 is 12.0 Å². The van der Waals surface area contributed by atoms with Gasteiger partial charge in [-0.1, -0.05) is 31.9 Å². The van der Waals surface area contributed by atoms with E-state index in [1.165, 1.54) is 0 Å². The Kier molecular flexibility index (Phi) is 6.68. The average molecular weight is 298 g/mol. The molecule has 0 radical (unpaired) electrons. The summed E-state index contributed by atoms with van der Waals surface area (Å²) in [5, 5.41) is 12.6. The quantitative estimate of drug-likeness (QED) is 0.724. The molecule has 2 N–H and O–H groups in total. The number of ketones is 1. The minimum Gasteiger partial charge on any atom is -0.480 e. The Balaban J connectivity index is 2.48. The molecule has 0 bridgehead atoms. The zero-order valence-electron chi connectivity index (χ0n) is 11.7. The Bertz CT molecular complexity index is 459. The van der Waals surface area contributed by atoms with Crippen molar-refractivity contribution in [3.63, 3.8) is 0 Å². The van der Waals surface area contributed by atoms with E-state index in [1.807, 2.05) is 13.8 Å². The van der Waals surface area contributed by atoms with E-state index >= 15 is 0 Å². The van der Waals surface area contributed by atoms with Gasteiger partial charge in [-0.3, -0.25) is 9.59 Å². The molecule has 1 aromatic carbocycles. The lowest BCUT2D eigenvalue weighted by molar-refractivity contribution is -0.140. The molecule has 5 heteroatoms. The molecule has 2 atom stereocenters. The number of hydrogen-bond acceptors (Lipinski definition) is 3. The van der Waals surface area contributed by atoms with E-state index in [0.29, 0.717) is 17.1 Å². The smallest absolute Gasteiger partial charge is 0.320 e. The molecular formula is C15H20ClNO3. The Morgan fingerprint density at radius 2 is 1.90 bits per heavy atom. The minimum atomic E-state index is -0.877. The van der Waals surface area contributed by atoms with Crippen molar-refractivity contribution in [1.29, 1.82) is 0 Å². The van der Waals surface area contributed by atoms with Gasteiger partial charge in [0, 0.05) is 23.6 Å². The van der Waals surface area contributed by atoms with Crippen molar-refractivity contribution in [2.75, 3.05) is 6.54 Å². The van der Waals surface area contributed by atoms with E-state index in [2.05, 4.69) is 5.32 Å². The van der Waals surface area contributed by atoms with Crippen molar-refractivity contribution >= 4 is 23.4 Å². The van der Waals surface area contributed by atoms with E-state index in [-0.39, 0.29) is 18.1 Å². The van der Waals surface area contributed by atoms with Crippen LogP contribution in [0.1, 0.15) is 37.0 Å². The maximum atomic E-state index is 11.9. The minimum absolute atomic E-state index is 0.0255. The lowest BCUT2D eigenvalue weighted by Gasteiger charge is -2.19. The van der Waals surface area contributed by atoms with Crippen LogP contribution in [-0.2, 0) is 4.79 Å². The fourth-order valence-electron chi connectivity index (χ4n) is 1.89. The van der Waals surface area contributed by atoms with Crippen molar-refractivity contribution < 1.29 is 14.7 Å². The third-order valence-electron chi connectivity index (χ3n) is 3.36. The Hall–Kier alpha value is -1.39. The Morgan fingerprint density at radius 3 is 2.40 bits per heavy atom. The second-order valence-electron chi connectivity index (χ2n) is 4.84. The molecule has 0 amide bonds. The van der Waals surface area contributed by atoms with Crippen LogP contribution in [0.25, 0.3) is 0 Å². The van der Waals surface area contributed by atoms with Crippen molar-refractivity contribution in [2.45, 2.75) is 32.7 Å². The normalized spacial score (nSPS) is 13.8. The van der Waals surface area contributed by atoms with Gasteiger partial charge in [0.25, 0.3) is 0 Å². The van der Waals surface area contributed by atoms with Crippen LogP contribution in [0.2, 0.25) is 5.02 Å². The number of aliphatic carboxylic acids is 1. The molecule has 0 heterocycles. The van der Waals surface area contributed by atoms with Gasteiger partial charge in [-0.05, 0) is 30.2 Å². The van der Waals surface area contributed by atoms with Crippen molar-refractivity contribution in [3.8, 4) is 0 Å². The summed E-state index contributed by atoms with van der Waals surface area (Å²) in [5.74, 6) is -0.876. The Labute approximate surface area is 124 Å². The predicted molar refractivity (Wildman–Crippen MR) is 79.3 cm³/mol. The summed E-state index contributed by atoms with van der Waals surface area (Å²) in [5.41, 5.74) is 0.589. The molecule has 0 aliphatic rings. The van der Waals surface area contributed by atoms with Gasteiger partial charge in [0.1, 0.15) is 6.04 Å². The number of halogens is 1. The highest BCUT2D eigenvalue weighted by Crippen LogP contribution is 2.11. The Morgan fingerprint density at radius 1 is 1.30 bits per heavy atom. The largest absolute Gasteiger partial charge is 0.480 e. The molecule has 20 heavy (non-hydrogen) atoms. The molecular weight excluding hydrogens is 278 g/mol. The molecule has 4 nitrogen and oxygen atoms in total.